The van der Waals surface area contributed by atoms with Crippen LogP contribution in [-0.4, -0.2) is 10.8 Å². The third-order valence-corrected chi connectivity index (χ3v) is 4.28. The Hall–Kier alpha value is -1.46. The minimum atomic E-state index is -0.432. The van der Waals surface area contributed by atoms with Gasteiger partial charge in [0.2, 0.25) is 0 Å². The number of H-pyrrole nitrogens is 1. The summed E-state index contributed by atoms with van der Waals surface area (Å²) >= 11 is 2.88. The topological polar surface area (TPSA) is 49.9 Å². The Morgan fingerprint density at radius 3 is 2.68 bits per heavy atom. The molecule has 0 radical (unpaired) electrons. The molecule has 2 rings (SSSR count). The van der Waals surface area contributed by atoms with E-state index in [1.165, 1.54) is 17.4 Å². The first-order valence-corrected chi connectivity index (χ1v) is 7.56. The molecule has 2 aromatic heterocycles. The maximum absolute atomic E-state index is 11.9. The van der Waals surface area contributed by atoms with Crippen LogP contribution in [0.15, 0.2) is 22.3 Å². The van der Waals surface area contributed by atoms with Crippen LogP contribution in [0, 0.1) is 5.41 Å². The van der Waals surface area contributed by atoms with Crippen LogP contribution in [0.5, 0.6) is 0 Å². The highest BCUT2D eigenvalue weighted by atomic mass is 32.1. The van der Waals surface area contributed by atoms with Crippen molar-refractivity contribution in [3.8, 4) is 0 Å². The first kappa shape index (κ1) is 14.0. The highest BCUT2D eigenvalue weighted by Crippen LogP contribution is 2.14. The Balaban J connectivity index is 2.46. The van der Waals surface area contributed by atoms with E-state index in [4.69, 9.17) is 0 Å². The van der Waals surface area contributed by atoms with Gasteiger partial charge in [-0.05, 0) is 17.5 Å². The number of hydrogen-bond acceptors (Lipinski definition) is 4. The van der Waals surface area contributed by atoms with E-state index in [1.807, 2.05) is 44.4 Å². The van der Waals surface area contributed by atoms with Crippen molar-refractivity contribution in [1.29, 1.82) is 0 Å². The highest BCUT2D eigenvalue weighted by Gasteiger charge is 2.18. The number of hydrogen-bond donors (Lipinski definition) is 1. The third kappa shape index (κ3) is 3.52. The summed E-state index contributed by atoms with van der Waals surface area (Å²) < 4.78 is 1.23. The van der Waals surface area contributed by atoms with Gasteiger partial charge >= 0.3 is 0 Å². The van der Waals surface area contributed by atoms with Crippen molar-refractivity contribution in [3.63, 3.8) is 0 Å². The quantitative estimate of drug-likeness (QED) is 0.916. The van der Waals surface area contributed by atoms with Gasteiger partial charge in [-0.25, -0.2) is 0 Å². The number of rotatable bonds is 2. The van der Waals surface area contributed by atoms with Gasteiger partial charge in [-0.3, -0.25) is 9.59 Å². The van der Waals surface area contributed by atoms with Gasteiger partial charge in [0.25, 0.3) is 5.56 Å². The molecule has 0 bridgehead atoms. The summed E-state index contributed by atoms with van der Waals surface area (Å²) in [4.78, 5) is 27.4. The van der Waals surface area contributed by atoms with E-state index in [-0.39, 0.29) is 11.3 Å². The van der Waals surface area contributed by atoms with E-state index < -0.39 is 5.41 Å². The van der Waals surface area contributed by atoms with E-state index in [0.29, 0.717) is 9.20 Å². The van der Waals surface area contributed by atoms with Gasteiger partial charge in [0.05, 0.1) is 9.20 Å². The fourth-order valence-corrected chi connectivity index (χ4v) is 2.97. The lowest BCUT2D eigenvalue weighted by Gasteiger charge is -2.12. The van der Waals surface area contributed by atoms with Crippen LogP contribution in [0.25, 0.3) is 12.2 Å². The van der Waals surface area contributed by atoms with E-state index >= 15 is 0 Å². The van der Waals surface area contributed by atoms with E-state index in [9.17, 15) is 9.59 Å². The second-order valence-electron chi connectivity index (χ2n) is 5.20. The fourth-order valence-electron chi connectivity index (χ4n) is 1.36. The monoisotopic (exact) mass is 293 g/mol. The average molecular weight is 293 g/mol. The predicted octanol–water partition coefficient (Wildman–Crippen LogP) is 1.72. The molecule has 0 saturated carbocycles. The molecule has 1 N–H and O–H groups in total. The Morgan fingerprint density at radius 1 is 1.37 bits per heavy atom. The second kappa shape index (κ2) is 5.27. The van der Waals surface area contributed by atoms with Crippen molar-refractivity contribution in [1.82, 2.24) is 4.98 Å². The van der Waals surface area contributed by atoms with Crippen LogP contribution >= 0.6 is 22.7 Å². The van der Waals surface area contributed by atoms with Gasteiger partial charge in [-0.2, -0.15) is 0 Å². The van der Waals surface area contributed by atoms with Crippen LogP contribution in [-0.2, 0) is 4.79 Å². The molecule has 5 heteroatoms. The largest absolute Gasteiger partial charge is 0.313 e. The first-order chi connectivity index (χ1) is 8.86. The van der Waals surface area contributed by atoms with E-state index in [0.717, 1.165) is 4.88 Å². The molecule has 3 nitrogen and oxygen atoms in total. The average Bonchev–Trinajstić information content (AvgIpc) is 2.89. The molecule has 0 spiro atoms. The molecule has 0 atom stereocenters. The minimum Gasteiger partial charge on any atom is -0.313 e. The number of carbonyl (C=O) groups is 1. The third-order valence-electron chi connectivity index (χ3n) is 2.50. The van der Waals surface area contributed by atoms with Gasteiger partial charge in [-0.15, -0.1) is 22.7 Å². The molecule has 0 saturated heterocycles. The Bertz CT molecular complexity index is 743. The molecule has 19 heavy (non-hydrogen) atoms. The molecule has 2 aromatic rings. The summed E-state index contributed by atoms with van der Waals surface area (Å²) in [6, 6.07) is 3.89. The van der Waals surface area contributed by atoms with Gasteiger partial charge < -0.3 is 4.98 Å². The van der Waals surface area contributed by atoms with Crippen LogP contribution in [0.4, 0.5) is 0 Å². The van der Waals surface area contributed by atoms with Crippen molar-refractivity contribution in [2.24, 2.45) is 5.41 Å². The normalized spacial score (nSPS) is 14.1. The molecule has 0 aliphatic rings. The zero-order valence-corrected chi connectivity index (χ0v) is 12.7. The molecule has 2 heterocycles. The van der Waals surface area contributed by atoms with Gasteiger partial charge in [0.15, 0.2) is 5.78 Å². The smallest absolute Gasteiger partial charge is 0.266 e. The second-order valence-corrected chi connectivity index (χ2v) is 7.27. The zero-order chi connectivity index (χ0) is 14.0. The summed E-state index contributed by atoms with van der Waals surface area (Å²) in [6.07, 6.45) is 3.35. The Morgan fingerprint density at radius 2 is 2.11 bits per heavy atom. The van der Waals surface area contributed by atoms with Gasteiger partial charge in [0, 0.05) is 16.4 Å². The highest BCUT2D eigenvalue weighted by molar-refractivity contribution is 7.11. The minimum absolute atomic E-state index is 0.00711. The standard InChI is InChI=1S/C14H15NO2S2/c1-14(2,3)11(16)8-12-15-13(17)10(19-12)7-9-5-4-6-18-9/h4-8H,1-3H3,(H,15,17)/b10-7-,12-8+. The lowest BCUT2D eigenvalue weighted by atomic mass is 9.91. The van der Waals surface area contributed by atoms with Gasteiger partial charge in [-0.1, -0.05) is 26.8 Å². The number of aromatic nitrogens is 1. The van der Waals surface area contributed by atoms with Crippen LogP contribution in [0.3, 0.4) is 0 Å². The van der Waals surface area contributed by atoms with Crippen LogP contribution < -0.4 is 14.8 Å². The molecular weight excluding hydrogens is 278 g/mol. The number of nitrogens with one attached hydrogen (secondary N) is 1. The molecular formula is C14H15NO2S2. The summed E-state index contributed by atoms with van der Waals surface area (Å²) in [5.41, 5.74) is -0.579. The van der Waals surface area contributed by atoms with Crippen LogP contribution in [0.1, 0.15) is 25.6 Å². The number of thiophene rings is 1. The summed E-state index contributed by atoms with van der Waals surface area (Å²) in [5.74, 6) is 0.00711. The summed E-state index contributed by atoms with van der Waals surface area (Å²) in [6.45, 7) is 5.57. The zero-order valence-electron chi connectivity index (χ0n) is 11.0. The lowest BCUT2D eigenvalue weighted by molar-refractivity contribution is -0.119. The van der Waals surface area contributed by atoms with E-state index in [1.54, 1.807) is 11.3 Å². The lowest BCUT2D eigenvalue weighted by Crippen LogP contribution is -2.21. The predicted molar refractivity (Wildman–Crippen MR) is 81.0 cm³/mol. The first-order valence-electron chi connectivity index (χ1n) is 5.87. The van der Waals surface area contributed by atoms with Crippen LogP contribution in [0.2, 0.25) is 0 Å². The number of aromatic amines is 1. The Labute approximate surface area is 118 Å². The summed E-state index contributed by atoms with van der Waals surface area (Å²) in [7, 11) is 0. The summed E-state index contributed by atoms with van der Waals surface area (Å²) in [5, 5.41) is 1.96. The molecule has 0 amide bonds. The number of ketones is 1. The molecule has 0 aromatic carbocycles. The maximum atomic E-state index is 11.9. The molecule has 0 aliphatic carbocycles. The number of Topliss-reactive ketones (excluding diaryl/α,β-unsaturated/α-hetero) is 1. The Kier molecular flexibility index (Phi) is 3.87. The molecule has 0 fully saturated rings. The molecule has 100 valence electrons. The fraction of sp³-hybridized carbons (Fsp3) is 0.286. The van der Waals surface area contributed by atoms with Gasteiger partial charge in [0.1, 0.15) is 0 Å². The molecule has 0 aliphatic heterocycles. The SMILES string of the molecule is CC(C)(C)C(=O)/C=c1\[nH]c(=O)/c(=C/c2cccs2)s1. The number of carbonyl (C=O) groups excluding carboxylic acids is 1. The number of thiazole rings is 1. The van der Waals surface area contributed by atoms with Crippen molar-refractivity contribution in [2.75, 3.05) is 0 Å². The molecule has 0 unspecified atom stereocenters. The van der Waals surface area contributed by atoms with Crippen molar-refractivity contribution < 1.29 is 4.79 Å². The van der Waals surface area contributed by atoms with Crippen molar-refractivity contribution >= 4 is 40.6 Å². The maximum Gasteiger partial charge on any atom is 0.266 e. The van der Waals surface area contributed by atoms with Crippen molar-refractivity contribution in [3.05, 3.63) is 41.9 Å². The van der Waals surface area contributed by atoms with Crippen molar-refractivity contribution in [2.45, 2.75) is 20.8 Å². The van der Waals surface area contributed by atoms with E-state index in [2.05, 4.69) is 4.98 Å².